The van der Waals surface area contributed by atoms with Crippen LogP contribution in [0.15, 0.2) is 71.9 Å². The van der Waals surface area contributed by atoms with Crippen LogP contribution in [0, 0.1) is 0 Å². The quantitative estimate of drug-likeness (QED) is 0.379. The highest BCUT2D eigenvalue weighted by Gasteiger charge is 2.18. The van der Waals surface area contributed by atoms with Gasteiger partial charge in [-0.1, -0.05) is 30.3 Å². The number of anilines is 3. The second-order valence-electron chi connectivity index (χ2n) is 7.53. The average Bonchev–Trinajstić information content (AvgIpc) is 3.13. The Balaban J connectivity index is 1.61. The van der Waals surface area contributed by atoms with Crippen molar-refractivity contribution in [3.8, 4) is 0 Å². The minimum Gasteiger partial charge on any atom is -0.397 e. The molecule has 1 heterocycles. The fourth-order valence-electron chi connectivity index (χ4n) is 3.49. The molecular weight excluding hydrogens is 438 g/mol. The molecule has 1 aromatic heterocycles. The molecule has 0 spiro atoms. The largest absolute Gasteiger partial charge is 0.397 e. The number of hydrogen-bond donors (Lipinski definition) is 3. The van der Waals surface area contributed by atoms with Crippen molar-refractivity contribution in [2.24, 2.45) is 7.05 Å². The van der Waals surface area contributed by atoms with Gasteiger partial charge in [0.2, 0.25) is 5.91 Å². The van der Waals surface area contributed by atoms with Gasteiger partial charge >= 0.3 is 0 Å². The predicted octanol–water partition coefficient (Wildman–Crippen LogP) is 3.67. The second-order valence-corrected chi connectivity index (χ2v) is 8.87. The first-order valence-corrected chi connectivity index (χ1v) is 11.5. The number of amides is 2. The van der Waals surface area contributed by atoms with Crippen molar-refractivity contribution in [2.45, 2.75) is 17.8 Å². The van der Waals surface area contributed by atoms with E-state index in [0.717, 1.165) is 11.0 Å². The maximum absolute atomic E-state index is 13.2. The number of rotatable bonds is 6. The summed E-state index contributed by atoms with van der Waals surface area (Å²) in [6, 6.07) is 19.4. The standard InChI is InChI=1S/C24H23N5O3S/c1-15(30)26-21-13-16(23(31)27-19-8-4-3-7-18(19)25)11-12-17(21)14-33(32)24-28-20-9-5-6-10-22(20)29(24)2/h3-13H,14,25H2,1-2H3,(H,26,30)(H,27,31). The van der Waals surface area contributed by atoms with Crippen LogP contribution in [0.2, 0.25) is 0 Å². The molecule has 4 rings (SSSR count). The molecule has 8 nitrogen and oxygen atoms in total. The first kappa shape index (κ1) is 22.2. The zero-order valence-electron chi connectivity index (χ0n) is 18.2. The van der Waals surface area contributed by atoms with Crippen LogP contribution in [0.1, 0.15) is 22.8 Å². The number of nitrogen functional groups attached to an aromatic ring is 1. The fourth-order valence-corrected chi connectivity index (χ4v) is 4.75. The molecule has 33 heavy (non-hydrogen) atoms. The third-order valence-electron chi connectivity index (χ3n) is 5.13. The second kappa shape index (κ2) is 9.25. The minimum absolute atomic E-state index is 0.125. The van der Waals surface area contributed by atoms with Gasteiger partial charge in [0.15, 0.2) is 5.16 Å². The number of benzene rings is 3. The molecule has 0 aliphatic carbocycles. The third-order valence-corrected chi connectivity index (χ3v) is 6.47. The predicted molar refractivity (Wildman–Crippen MR) is 130 cm³/mol. The number of carbonyl (C=O) groups is 2. The van der Waals surface area contributed by atoms with E-state index in [-0.39, 0.29) is 17.6 Å². The molecule has 0 aliphatic heterocycles. The summed E-state index contributed by atoms with van der Waals surface area (Å²) >= 11 is 0. The lowest BCUT2D eigenvalue weighted by Crippen LogP contribution is -2.15. The number of carbonyl (C=O) groups excluding carboxylic acids is 2. The Bertz CT molecular complexity index is 1400. The zero-order chi connectivity index (χ0) is 23.5. The monoisotopic (exact) mass is 461 g/mol. The summed E-state index contributed by atoms with van der Waals surface area (Å²) in [5.41, 5.74) is 9.88. The number of nitrogens with one attached hydrogen (secondary N) is 2. The van der Waals surface area contributed by atoms with Gasteiger partial charge in [-0.15, -0.1) is 0 Å². The van der Waals surface area contributed by atoms with Gasteiger partial charge in [-0.3, -0.25) is 13.8 Å². The summed E-state index contributed by atoms with van der Waals surface area (Å²) < 4.78 is 15.0. The molecule has 0 saturated carbocycles. The highest BCUT2D eigenvalue weighted by Crippen LogP contribution is 2.25. The van der Waals surface area contributed by atoms with E-state index in [0.29, 0.717) is 33.3 Å². The number of nitrogens with two attached hydrogens (primary N) is 1. The number of para-hydroxylation sites is 4. The van der Waals surface area contributed by atoms with Crippen molar-refractivity contribution in [3.05, 3.63) is 77.9 Å². The Morgan fingerprint density at radius 2 is 1.73 bits per heavy atom. The van der Waals surface area contributed by atoms with Gasteiger partial charge in [-0.05, 0) is 42.0 Å². The van der Waals surface area contributed by atoms with E-state index in [9.17, 15) is 13.8 Å². The van der Waals surface area contributed by atoms with Gasteiger partial charge in [0.25, 0.3) is 5.91 Å². The Hall–Kier alpha value is -3.98. The van der Waals surface area contributed by atoms with E-state index in [2.05, 4.69) is 15.6 Å². The molecule has 0 saturated heterocycles. The van der Waals surface area contributed by atoms with Crippen LogP contribution in [-0.4, -0.2) is 25.6 Å². The number of aromatic nitrogens is 2. The Morgan fingerprint density at radius 1 is 1.00 bits per heavy atom. The summed E-state index contributed by atoms with van der Waals surface area (Å²) in [5, 5.41) is 5.94. The van der Waals surface area contributed by atoms with Gasteiger partial charge in [-0.2, -0.15) is 0 Å². The molecule has 0 fully saturated rings. The van der Waals surface area contributed by atoms with Crippen molar-refractivity contribution in [1.29, 1.82) is 0 Å². The number of imidazole rings is 1. The lowest BCUT2D eigenvalue weighted by Gasteiger charge is -2.13. The molecule has 4 aromatic rings. The SMILES string of the molecule is CC(=O)Nc1cc(C(=O)Nc2ccccc2N)ccc1CS(=O)c1nc2ccccc2n1C. The van der Waals surface area contributed by atoms with Crippen molar-refractivity contribution in [1.82, 2.24) is 9.55 Å². The summed E-state index contributed by atoms with van der Waals surface area (Å²) in [7, 11) is 0.347. The summed E-state index contributed by atoms with van der Waals surface area (Å²) in [6.07, 6.45) is 0. The molecule has 1 atom stereocenters. The number of aryl methyl sites for hydroxylation is 1. The molecule has 0 radical (unpaired) electrons. The molecule has 0 bridgehead atoms. The van der Waals surface area contributed by atoms with Crippen LogP contribution >= 0.6 is 0 Å². The molecule has 1 unspecified atom stereocenters. The Kier molecular flexibility index (Phi) is 6.23. The number of fused-ring (bicyclic) bond motifs is 1. The van der Waals surface area contributed by atoms with Crippen LogP contribution in [0.25, 0.3) is 11.0 Å². The molecule has 2 amide bonds. The first-order chi connectivity index (χ1) is 15.8. The van der Waals surface area contributed by atoms with Crippen LogP contribution < -0.4 is 16.4 Å². The third kappa shape index (κ3) is 4.78. The van der Waals surface area contributed by atoms with Gasteiger partial charge in [0, 0.05) is 25.2 Å². The van der Waals surface area contributed by atoms with Crippen molar-refractivity contribution >= 4 is 50.7 Å². The molecule has 9 heteroatoms. The van der Waals surface area contributed by atoms with Crippen LogP contribution in [0.3, 0.4) is 0 Å². The Morgan fingerprint density at radius 3 is 2.45 bits per heavy atom. The van der Waals surface area contributed by atoms with Gasteiger partial charge in [-0.25, -0.2) is 4.98 Å². The maximum atomic E-state index is 13.2. The van der Waals surface area contributed by atoms with Crippen molar-refractivity contribution < 1.29 is 13.8 Å². The van der Waals surface area contributed by atoms with E-state index >= 15 is 0 Å². The molecule has 4 N–H and O–H groups in total. The fraction of sp³-hybridized carbons (Fsp3) is 0.125. The molecule has 168 valence electrons. The van der Waals surface area contributed by atoms with Gasteiger partial charge < -0.3 is 20.9 Å². The highest BCUT2D eigenvalue weighted by atomic mass is 32.2. The summed E-state index contributed by atoms with van der Waals surface area (Å²) in [5.74, 6) is -0.544. The van der Waals surface area contributed by atoms with Gasteiger partial charge in [0.1, 0.15) is 0 Å². The highest BCUT2D eigenvalue weighted by molar-refractivity contribution is 7.84. The van der Waals surface area contributed by atoms with Crippen molar-refractivity contribution in [3.63, 3.8) is 0 Å². The van der Waals surface area contributed by atoms with Gasteiger partial charge in [0.05, 0.1) is 39.0 Å². The summed E-state index contributed by atoms with van der Waals surface area (Å²) in [4.78, 5) is 29.0. The maximum Gasteiger partial charge on any atom is 0.255 e. The smallest absolute Gasteiger partial charge is 0.255 e. The lowest BCUT2D eigenvalue weighted by molar-refractivity contribution is -0.114. The molecular formula is C24H23N5O3S. The van der Waals surface area contributed by atoms with Crippen LogP contribution in [0.4, 0.5) is 17.1 Å². The van der Waals surface area contributed by atoms with E-state index in [4.69, 9.17) is 5.73 Å². The molecule has 3 aromatic carbocycles. The topological polar surface area (TPSA) is 119 Å². The molecule has 0 aliphatic rings. The van der Waals surface area contributed by atoms with Crippen molar-refractivity contribution in [2.75, 3.05) is 16.4 Å². The van der Waals surface area contributed by atoms with E-state index in [1.807, 2.05) is 31.3 Å². The van der Waals surface area contributed by atoms with E-state index < -0.39 is 10.8 Å². The zero-order valence-corrected chi connectivity index (χ0v) is 19.0. The average molecular weight is 462 g/mol. The van der Waals surface area contributed by atoms with Crippen LogP contribution in [0.5, 0.6) is 0 Å². The minimum atomic E-state index is -1.47. The number of nitrogens with zero attached hydrogens (tertiary/aromatic N) is 2. The normalized spacial score (nSPS) is 11.8. The number of hydrogen-bond acceptors (Lipinski definition) is 5. The van der Waals surface area contributed by atoms with E-state index in [1.165, 1.54) is 6.92 Å². The lowest BCUT2D eigenvalue weighted by atomic mass is 10.1. The summed E-state index contributed by atoms with van der Waals surface area (Å²) in [6.45, 7) is 1.38. The Labute approximate surface area is 193 Å². The van der Waals surface area contributed by atoms with Crippen LogP contribution in [-0.2, 0) is 28.4 Å². The first-order valence-electron chi connectivity index (χ1n) is 10.2. The van der Waals surface area contributed by atoms with E-state index in [1.54, 1.807) is 47.0 Å².